The fourth-order valence-electron chi connectivity index (χ4n) is 3.56. The Bertz CT molecular complexity index is 689. The van der Waals surface area contributed by atoms with Crippen molar-refractivity contribution in [3.05, 3.63) is 34.8 Å². The summed E-state index contributed by atoms with van der Waals surface area (Å²) < 4.78 is 10.7. The molecular formula is C19H27N3O2S. The average Bonchev–Trinajstić information content (AvgIpc) is 3.05. The van der Waals surface area contributed by atoms with Gasteiger partial charge in [0.15, 0.2) is 16.6 Å². The fraction of sp³-hybridized carbons (Fsp3) is 0.526. The first kappa shape index (κ1) is 18.0. The molecule has 1 aliphatic rings. The van der Waals surface area contributed by atoms with Crippen molar-refractivity contribution in [1.29, 1.82) is 0 Å². The SMILES string of the molecule is COc1ccc(CCC2CCCCN2Cc2cnc(N)s2)cc1OC. The van der Waals surface area contributed by atoms with Crippen LogP contribution in [0.3, 0.4) is 0 Å². The van der Waals surface area contributed by atoms with Crippen LogP contribution in [0.1, 0.15) is 36.1 Å². The number of piperidine rings is 1. The van der Waals surface area contributed by atoms with Gasteiger partial charge in [0.05, 0.1) is 14.2 Å². The number of nitrogen functional groups attached to an aromatic ring is 1. The Morgan fingerprint density at radius 3 is 2.80 bits per heavy atom. The van der Waals surface area contributed by atoms with E-state index >= 15 is 0 Å². The van der Waals surface area contributed by atoms with E-state index in [0.29, 0.717) is 11.2 Å². The topological polar surface area (TPSA) is 60.6 Å². The first-order chi connectivity index (χ1) is 12.2. The van der Waals surface area contributed by atoms with E-state index < -0.39 is 0 Å². The van der Waals surface area contributed by atoms with E-state index in [1.54, 1.807) is 25.6 Å². The van der Waals surface area contributed by atoms with Gasteiger partial charge in [0.25, 0.3) is 0 Å². The predicted octanol–water partition coefficient (Wildman–Crippen LogP) is 3.73. The molecule has 1 atom stereocenters. The van der Waals surface area contributed by atoms with E-state index in [0.717, 1.165) is 37.4 Å². The summed E-state index contributed by atoms with van der Waals surface area (Å²) in [5, 5.41) is 0.661. The second kappa shape index (κ2) is 8.54. The van der Waals surface area contributed by atoms with Crippen LogP contribution in [-0.2, 0) is 13.0 Å². The summed E-state index contributed by atoms with van der Waals surface area (Å²) in [6.45, 7) is 2.12. The van der Waals surface area contributed by atoms with Crippen LogP contribution in [0, 0.1) is 0 Å². The third-order valence-electron chi connectivity index (χ3n) is 4.89. The van der Waals surface area contributed by atoms with E-state index in [4.69, 9.17) is 15.2 Å². The zero-order chi connectivity index (χ0) is 17.6. The molecule has 1 aliphatic heterocycles. The van der Waals surface area contributed by atoms with Crippen molar-refractivity contribution in [2.75, 3.05) is 26.5 Å². The second-order valence-corrected chi connectivity index (χ2v) is 7.66. The van der Waals surface area contributed by atoms with Crippen LogP contribution in [0.2, 0.25) is 0 Å². The smallest absolute Gasteiger partial charge is 0.180 e. The van der Waals surface area contributed by atoms with Gasteiger partial charge < -0.3 is 15.2 Å². The highest BCUT2D eigenvalue weighted by molar-refractivity contribution is 7.15. The largest absolute Gasteiger partial charge is 0.493 e. The van der Waals surface area contributed by atoms with Crippen molar-refractivity contribution in [3.8, 4) is 11.5 Å². The fourth-order valence-corrected chi connectivity index (χ4v) is 4.27. The predicted molar refractivity (Wildman–Crippen MR) is 102 cm³/mol. The Morgan fingerprint density at radius 2 is 2.08 bits per heavy atom. The summed E-state index contributed by atoms with van der Waals surface area (Å²) >= 11 is 1.60. The number of hydrogen-bond donors (Lipinski definition) is 1. The van der Waals surface area contributed by atoms with Gasteiger partial charge in [-0.1, -0.05) is 12.5 Å². The van der Waals surface area contributed by atoms with Crippen LogP contribution in [0.5, 0.6) is 11.5 Å². The molecule has 1 fully saturated rings. The maximum absolute atomic E-state index is 5.77. The summed E-state index contributed by atoms with van der Waals surface area (Å²) in [7, 11) is 3.36. The Labute approximate surface area is 153 Å². The van der Waals surface area contributed by atoms with E-state index in [9.17, 15) is 0 Å². The van der Waals surface area contributed by atoms with Gasteiger partial charge in [-0.05, 0) is 49.9 Å². The first-order valence-electron chi connectivity index (χ1n) is 8.84. The number of thiazole rings is 1. The Kier molecular flexibility index (Phi) is 6.15. The standard InChI is InChI=1S/C19H27N3O2S/c1-23-17-9-7-14(11-18(17)24-2)6-8-15-5-3-4-10-22(15)13-16-12-21-19(20)25-16/h7,9,11-12,15H,3-6,8,10,13H2,1-2H3,(H2,20,21). The number of nitrogens with zero attached hydrogens (tertiary/aromatic N) is 2. The number of ether oxygens (including phenoxy) is 2. The van der Waals surface area contributed by atoms with Crippen molar-refractivity contribution >= 4 is 16.5 Å². The molecule has 3 rings (SSSR count). The lowest BCUT2D eigenvalue weighted by Gasteiger charge is -2.35. The van der Waals surface area contributed by atoms with Crippen LogP contribution in [-0.4, -0.2) is 36.7 Å². The quantitative estimate of drug-likeness (QED) is 0.814. The minimum Gasteiger partial charge on any atom is -0.493 e. The van der Waals surface area contributed by atoms with Gasteiger partial charge in [-0.15, -0.1) is 11.3 Å². The molecule has 0 radical (unpaired) electrons. The third-order valence-corrected chi connectivity index (χ3v) is 5.70. The Balaban J connectivity index is 1.61. The number of benzene rings is 1. The molecule has 6 heteroatoms. The molecule has 1 saturated heterocycles. The number of anilines is 1. The van der Waals surface area contributed by atoms with Gasteiger partial charge in [-0.2, -0.15) is 0 Å². The van der Waals surface area contributed by atoms with Crippen molar-refractivity contribution in [1.82, 2.24) is 9.88 Å². The van der Waals surface area contributed by atoms with Crippen LogP contribution >= 0.6 is 11.3 Å². The Hall–Kier alpha value is -1.79. The van der Waals surface area contributed by atoms with Crippen molar-refractivity contribution in [3.63, 3.8) is 0 Å². The zero-order valence-electron chi connectivity index (χ0n) is 15.0. The highest BCUT2D eigenvalue weighted by Crippen LogP contribution is 2.30. The number of aromatic nitrogens is 1. The normalized spacial score (nSPS) is 18.2. The van der Waals surface area contributed by atoms with Gasteiger partial charge in [-0.3, -0.25) is 4.90 Å². The molecular weight excluding hydrogens is 334 g/mol. The summed E-state index contributed by atoms with van der Waals surface area (Å²) in [5.74, 6) is 1.59. The van der Waals surface area contributed by atoms with Crippen LogP contribution in [0.25, 0.3) is 0 Å². The van der Waals surface area contributed by atoms with Gasteiger partial charge in [-0.25, -0.2) is 4.98 Å². The molecule has 0 amide bonds. The monoisotopic (exact) mass is 361 g/mol. The first-order valence-corrected chi connectivity index (χ1v) is 9.66. The van der Waals surface area contributed by atoms with Crippen molar-refractivity contribution in [2.45, 2.75) is 44.7 Å². The number of aryl methyl sites for hydroxylation is 1. The lowest BCUT2D eigenvalue weighted by molar-refractivity contribution is 0.133. The molecule has 136 valence electrons. The van der Waals surface area contributed by atoms with Gasteiger partial charge >= 0.3 is 0 Å². The number of nitrogens with two attached hydrogens (primary N) is 1. The lowest BCUT2D eigenvalue weighted by atomic mass is 9.95. The number of methoxy groups -OCH3 is 2. The third kappa shape index (κ3) is 4.64. The maximum atomic E-state index is 5.77. The average molecular weight is 362 g/mol. The molecule has 2 heterocycles. The van der Waals surface area contributed by atoms with E-state index in [-0.39, 0.29) is 0 Å². The molecule has 5 nitrogen and oxygen atoms in total. The maximum Gasteiger partial charge on any atom is 0.180 e. The van der Waals surface area contributed by atoms with E-state index in [2.05, 4.69) is 22.0 Å². The Morgan fingerprint density at radius 1 is 1.24 bits per heavy atom. The number of hydrogen-bond acceptors (Lipinski definition) is 6. The molecule has 1 unspecified atom stereocenters. The minimum atomic E-state index is 0.616. The number of rotatable bonds is 7. The second-order valence-electron chi connectivity index (χ2n) is 6.51. The molecule has 2 N–H and O–H groups in total. The molecule has 0 bridgehead atoms. The van der Waals surface area contributed by atoms with Gasteiger partial charge in [0.1, 0.15) is 0 Å². The van der Waals surface area contributed by atoms with Crippen LogP contribution < -0.4 is 15.2 Å². The minimum absolute atomic E-state index is 0.616. The molecule has 1 aromatic carbocycles. The zero-order valence-corrected chi connectivity index (χ0v) is 15.8. The summed E-state index contributed by atoms with van der Waals surface area (Å²) in [5.41, 5.74) is 7.07. The molecule has 0 aliphatic carbocycles. The molecule has 25 heavy (non-hydrogen) atoms. The van der Waals surface area contributed by atoms with Crippen LogP contribution in [0.15, 0.2) is 24.4 Å². The van der Waals surface area contributed by atoms with Crippen molar-refractivity contribution < 1.29 is 9.47 Å². The molecule has 0 saturated carbocycles. The highest BCUT2D eigenvalue weighted by atomic mass is 32.1. The molecule has 2 aromatic rings. The van der Waals surface area contributed by atoms with Gasteiger partial charge in [0.2, 0.25) is 0 Å². The highest BCUT2D eigenvalue weighted by Gasteiger charge is 2.23. The van der Waals surface area contributed by atoms with E-state index in [1.807, 2.05) is 12.3 Å². The molecule has 0 spiro atoms. The van der Waals surface area contributed by atoms with Crippen molar-refractivity contribution in [2.24, 2.45) is 0 Å². The van der Waals surface area contributed by atoms with Crippen LogP contribution in [0.4, 0.5) is 5.13 Å². The summed E-state index contributed by atoms with van der Waals surface area (Å²) in [4.78, 5) is 8.03. The number of likely N-dealkylation sites (tertiary alicyclic amines) is 1. The molecule has 1 aromatic heterocycles. The van der Waals surface area contributed by atoms with E-state index in [1.165, 1.54) is 29.7 Å². The summed E-state index contributed by atoms with van der Waals surface area (Å²) in [6, 6.07) is 6.84. The lowest BCUT2D eigenvalue weighted by Crippen LogP contribution is -2.39. The van der Waals surface area contributed by atoms with Gasteiger partial charge in [0, 0.05) is 23.7 Å². The summed E-state index contributed by atoms with van der Waals surface area (Å²) in [6.07, 6.45) is 7.98.